The van der Waals surface area contributed by atoms with Crippen molar-refractivity contribution < 1.29 is 4.39 Å². The van der Waals surface area contributed by atoms with E-state index in [0.29, 0.717) is 6.04 Å². The van der Waals surface area contributed by atoms with Crippen molar-refractivity contribution >= 4 is 0 Å². The van der Waals surface area contributed by atoms with Gasteiger partial charge in [-0.15, -0.1) is 0 Å². The molecular formula is C14H18FN3. The number of nitrogens with zero attached hydrogens (tertiary/aromatic N) is 2. The van der Waals surface area contributed by atoms with Crippen molar-refractivity contribution in [3.05, 3.63) is 35.1 Å². The first-order chi connectivity index (χ1) is 8.74. The van der Waals surface area contributed by atoms with Crippen LogP contribution >= 0.6 is 0 Å². The second-order valence-corrected chi connectivity index (χ2v) is 4.71. The summed E-state index contributed by atoms with van der Waals surface area (Å²) in [4.78, 5) is 2.39. The van der Waals surface area contributed by atoms with Crippen LogP contribution in [-0.4, -0.2) is 30.6 Å². The second-order valence-electron chi connectivity index (χ2n) is 4.71. The second kappa shape index (κ2) is 5.94. The molecule has 0 bridgehead atoms. The van der Waals surface area contributed by atoms with E-state index >= 15 is 0 Å². The summed E-state index contributed by atoms with van der Waals surface area (Å²) in [6, 6.07) is 7.27. The lowest BCUT2D eigenvalue weighted by atomic mass is 10.1. The molecule has 0 aliphatic carbocycles. The van der Waals surface area contributed by atoms with Crippen LogP contribution in [0.2, 0.25) is 0 Å². The van der Waals surface area contributed by atoms with Gasteiger partial charge in [-0.05, 0) is 30.7 Å². The zero-order valence-electron chi connectivity index (χ0n) is 10.6. The number of benzene rings is 1. The maximum atomic E-state index is 13.2. The monoisotopic (exact) mass is 247 g/mol. The highest BCUT2D eigenvalue weighted by molar-refractivity contribution is 5.34. The Morgan fingerprint density at radius 2 is 2.28 bits per heavy atom. The summed E-state index contributed by atoms with van der Waals surface area (Å²) < 4.78 is 13.2. The van der Waals surface area contributed by atoms with E-state index in [-0.39, 0.29) is 5.56 Å². The Hall–Kier alpha value is -1.44. The average Bonchev–Trinajstić information content (AvgIpc) is 2.29. The van der Waals surface area contributed by atoms with Crippen molar-refractivity contribution in [2.24, 2.45) is 0 Å². The summed E-state index contributed by atoms with van der Waals surface area (Å²) in [5.41, 5.74) is 1.14. The SMILES string of the molecule is CCCN(Cc1ccc(F)c(C#N)c1)C1CNC1. The standard InChI is InChI=1S/C14H18FN3/c1-2-5-18(13-8-17-9-13)10-11-3-4-14(15)12(6-11)7-16/h3-4,6,13,17H,2,5,8-10H2,1H3. The summed E-state index contributed by atoms with van der Waals surface area (Å²) in [5.74, 6) is -0.436. The predicted octanol–water partition coefficient (Wildman–Crippen LogP) is 1.88. The molecule has 0 spiro atoms. The van der Waals surface area contributed by atoms with Gasteiger partial charge in [0.2, 0.25) is 0 Å². The minimum atomic E-state index is -0.436. The lowest BCUT2D eigenvalue weighted by Gasteiger charge is -2.38. The topological polar surface area (TPSA) is 39.1 Å². The van der Waals surface area contributed by atoms with Crippen LogP contribution in [0.3, 0.4) is 0 Å². The molecule has 4 heteroatoms. The molecule has 96 valence electrons. The third-order valence-corrected chi connectivity index (χ3v) is 3.32. The van der Waals surface area contributed by atoms with E-state index in [1.165, 1.54) is 6.07 Å². The Labute approximate surface area is 107 Å². The van der Waals surface area contributed by atoms with E-state index < -0.39 is 5.82 Å². The van der Waals surface area contributed by atoms with Gasteiger partial charge in [0.05, 0.1) is 5.56 Å². The van der Waals surface area contributed by atoms with Gasteiger partial charge in [-0.1, -0.05) is 13.0 Å². The zero-order valence-corrected chi connectivity index (χ0v) is 10.6. The molecule has 0 radical (unpaired) electrons. The number of rotatable bonds is 5. The largest absolute Gasteiger partial charge is 0.314 e. The van der Waals surface area contributed by atoms with Crippen molar-refractivity contribution in [3.63, 3.8) is 0 Å². The Kier molecular flexibility index (Phi) is 4.29. The van der Waals surface area contributed by atoms with Crippen LogP contribution in [0.5, 0.6) is 0 Å². The molecule has 1 aromatic carbocycles. The molecule has 0 atom stereocenters. The van der Waals surface area contributed by atoms with Crippen LogP contribution in [0.1, 0.15) is 24.5 Å². The van der Waals surface area contributed by atoms with Crippen LogP contribution in [0.4, 0.5) is 4.39 Å². The predicted molar refractivity (Wildman–Crippen MR) is 68.5 cm³/mol. The molecule has 18 heavy (non-hydrogen) atoms. The van der Waals surface area contributed by atoms with Gasteiger partial charge in [0.25, 0.3) is 0 Å². The molecule has 1 N–H and O–H groups in total. The summed E-state index contributed by atoms with van der Waals surface area (Å²) in [7, 11) is 0. The minimum absolute atomic E-state index is 0.135. The fourth-order valence-corrected chi connectivity index (χ4v) is 2.20. The van der Waals surface area contributed by atoms with Crippen LogP contribution in [-0.2, 0) is 6.54 Å². The third-order valence-electron chi connectivity index (χ3n) is 3.32. The maximum Gasteiger partial charge on any atom is 0.140 e. The number of hydrogen-bond donors (Lipinski definition) is 1. The van der Waals surface area contributed by atoms with Crippen LogP contribution in [0.15, 0.2) is 18.2 Å². The van der Waals surface area contributed by atoms with Crippen molar-refractivity contribution in [2.75, 3.05) is 19.6 Å². The molecule has 1 saturated heterocycles. The molecule has 1 aliphatic heterocycles. The van der Waals surface area contributed by atoms with Crippen molar-refractivity contribution in [1.29, 1.82) is 5.26 Å². The van der Waals surface area contributed by atoms with Gasteiger partial charge in [-0.3, -0.25) is 4.90 Å². The Morgan fingerprint density at radius 3 is 2.83 bits per heavy atom. The number of halogens is 1. The first kappa shape index (κ1) is 13.0. The minimum Gasteiger partial charge on any atom is -0.314 e. The van der Waals surface area contributed by atoms with Gasteiger partial charge in [0.15, 0.2) is 0 Å². The molecule has 3 nitrogen and oxygen atoms in total. The van der Waals surface area contributed by atoms with E-state index in [9.17, 15) is 4.39 Å². The zero-order chi connectivity index (χ0) is 13.0. The highest BCUT2D eigenvalue weighted by atomic mass is 19.1. The fraction of sp³-hybridized carbons (Fsp3) is 0.500. The molecule has 0 aromatic heterocycles. The quantitative estimate of drug-likeness (QED) is 0.863. The fourth-order valence-electron chi connectivity index (χ4n) is 2.20. The number of nitriles is 1. The highest BCUT2D eigenvalue weighted by Crippen LogP contribution is 2.15. The number of nitrogens with one attached hydrogen (secondary N) is 1. The lowest BCUT2D eigenvalue weighted by molar-refractivity contribution is 0.138. The Bertz CT molecular complexity index is 449. The summed E-state index contributed by atoms with van der Waals surface area (Å²) in [5, 5.41) is 12.1. The van der Waals surface area contributed by atoms with Crippen molar-refractivity contribution in [1.82, 2.24) is 10.2 Å². The molecule has 1 aromatic rings. The third kappa shape index (κ3) is 2.87. The molecule has 1 heterocycles. The van der Waals surface area contributed by atoms with Crippen LogP contribution in [0, 0.1) is 17.1 Å². The van der Waals surface area contributed by atoms with Gasteiger partial charge >= 0.3 is 0 Å². The van der Waals surface area contributed by atoms with Crippen LogP contribution in [0.25, 0.3) is 0 Å². The summed E-state index contributed by atoms with van der Waals surface area (Å²) >= 11 is 0. The van der Waals surface area contributed by atoms with Crippen molar-refractivity contribution in [3.8, 4) is 6.07 Å². The summed E-state index contributed by atoms with van der Waals surface area (Å²) in [6.45, 7) is 6.02. The molecule has 2 rings (SSSR count). The van der Waals surface area contributed by atoms with Gasteiger partial charge in [0, 0.05) is 25.7 Å². The number of hydrogen-bond acceptors (Lipinski definition) is 3. The highest BCUT2D eigenvalue weighted by Gasteiger charge is 2.23. The van der Waals surface area contributed by atoms with Gasteiger partial charge in [-0.2, -0.15) is 5.26 Å². The molecule has 0 unspecified atom stereocenters. The smallest absolute Gasteiger partial charge is 0.140 e. The molecule has 0 saturated carbocycles. The lowest BCUT2D eigenvalue weighted by Crippen LogP contribution is -2.56. The normalized spacial score (nSPS) is 15.4. The van der Waals surface area contributed by atoms with Crippen molar-refractivity contribution in [2.45, 2.75) is 25.9 Å². The van der Waals surface area contributed by atoms with E-state index in [1.54, 1.807) is 12.1 Å². The first-order valence-electron chi connectivity index (χ1n) is 6.38. The van der Waals surface area contributed by atoms with E-state index in [1.807, 2.05) is 6.07 Å². The van der Waals surface area contributed by atoms with E-state index in [4.69, 9.17) is 5.26 Å². The van der Waals surface area contributed by atoms with Gasteiger partial charge < -0.3 is 5.32 Å². The Balaban J connectivity index is 2.08. The molecule has 1 aliphatic rings. The molecular weight excluding hydrogens is 229 g/mol. The van der Waals surface area contributed by atoms with Crippen LogP contribution < -0.4 is 5.32 Å². The van der Waals surface area contributed by atoms with Gasteiger partial charge in [0.1, 0.15) is 11.9 Å². The molecule has 0 amide bonds. The van der Waals surface area contributed by atoms with Gasteiger partial charge in [-0.25, -0.2) is 4.39 Å². The average molecular weight is 247 g/mol. The maximum absolute atomic E-state index is 13.2. The molecule has 1 fully saturated rings. The first-order valence-corrected chi connectivity index (χ1v) is 6.38. The Morgan fingerprint density at radius 1 is 1.50 bits per heavy atom. The van der Waals surface area contributed by atoms with E-state index in [2.05, 4.69) is 17.1 Å². The van der Waals surface area contributed by atoms with E-state index in [0.717, 1.165) is 38.2 Å². The summed E-state index contributed by atoms with van der Waals surface area (Å²) in [6.07, 6.45) is 1.10.